The van der Waals surface area contributed by atoms with Crippen LogP contribution >= 0.6 is 0 Å². The van der Waals surface area contributed by atoms with Crippen LogP contribution in [-0.4, -0.2) is 39.9 Å². The highest BCUT2D eigenvalue weighted by Crippen LogP contribution is 2.26. The number of nitrogens with two attached hydrogens (primary N) is 1. The van der Waals surface area contributed by atoms with E-state index < -0.39 is 20.6 Å². The molecule has 3 N–H and O–H groups in total. The first kappa shape index (κ1) is 14.9. The highest BCUT2D eigenvalue weighted by Gasteiger charge is 2.25. The number of nitro groups is 1. The summed E-state index contributed by atoms with van der Waals surface area (Å²) in [6.45, 7) is -0.0412. The summed E-state index contributed by atoms with van der Waals surface area (Å²) in [7, 11) is -2.57. The van der Waals surface area contributed by atoms with Crippen molar-refractivity contribution in [3.05, 3.63) is 40.5 Å². The van der Waals surface area contributed by atoms with Gasteiger partial charge in [-0.3, -0.25) is 15.2 Å². The second kappa shape index (κ2) is 5.46. The van der Waals surface area contributed by atoms with E-state index in [0.29, 0.717) is 5.82 Å². The SMILES string of the molecule is CN(Cc1ncn[nH]1)S(=O)(=O)c1ccc(N)c([N+](=O)[O-])c1. The zero-order chi connectivity index (χ0) is 15.6. The van der Waals surface area contributed by atoms with Gasteiger partial charge in [0, 0.05) is 13.1 Å². The Morgan fingerprint density at radius 3 is 2.76 bits per heavy atom. The van der Waals surface area contributed by atoms with E-state index in [1.165, 1.54) is 25.5 Å². The topological polar surface area (TPSA) is 148 Å². The second-order valence-electron chi connectivity index (χ2n) is 4.17. The van der Waals surface area contributed by atoms with E-state index >= 15 is 0 Å². The molecular weight excluding hydrogens is 300 g/mol. The Morgan fingerprint density at radius 1 is 1.48 bits per heavy atom. The predicted octanol–water partition coefficient (Wildman–Crippen LogP) is 0.116. The van der Waals surface area contributed by atoms with Crippen molar-refractivity contribution in [2.24, 2.45) is 0 Å². The number of hydrogen-bond donors (Lipinski definition) is 2. The highest BCUT2D eigenvalue weighted by atomic mass is 32.2. The van der Waals surface area contributed by atoms with Crippen molar-refractivity contribution >= 4 is 21.4 Å². The minimum atomic E-state index is -3.90. The Bertz CT molecular complexity index is 758. The third kappa shape index (κ3) is 2.98. The van der Waals surface area contributed by atoms with Crippen molar-refractivity contribution in [1.29, 1.82) is 0 Å². The number of nitrogens with one attached hydrogen (secondary N) is 1. The van der Waals surface area contributed by atoms with E-state index in [1.54, 1.807) is 0 Å². The van der Waals surface area contributed by atoms with Gasteiger partial charge in [0.2, 0.25) is 10.0 Å². The molecule has 21 heavy (non-hydrogen) atoms. The maximum atomic E-state index is 12.3. The van der Waals surface area contributed by atoms with Crippen LogP contribution in [0.2, 0.25) is 0 Å². The zero-order valence-corrected chi connectivity index (χ0v) is 11.7. The maximum absolute atomic E-state index is 12.3. The van der Waals surface area contributed by atoms with Gasteiger partial charge in [0.05, 0.1) is 16.4 Å². The normalized spacial score (nSPS) is 11.7. The minimum Gasteiger partial charge on any atom is -0.393 e. The number of anilines is 1. The number of nitrogens with zero attached hydrogens (tertiary/aromatic N) is 4. The van der Waals surface area contributed by atoms with Gasteiger partial charge in [0.15, 0.2) is 0 Å². The number of hydrogen-bond acceptors (Lipinski definition) is 7. The highest BCUT2D eigenvalue weighted by molar-refractivity contribution is 7.89. The lowest BCUT2D eigenvalue weighted by Crippen LogP contribution is -2.27. The van der Waals surface area contributed by atoms with E-state index in [-0.39, 0.29) is 17.1 Å². The van der Waals surface area contributed by atoms with Crippen LogP contribution in [0.3, 0.4) is 0 Å². The van der Waals surface area contributed by atoms with Crippen LogP contribution in [0.1, 0.15) is 5.82 Å². The van der Waals surface area contributed by atoms with Crippen molar-refractivity contribution in [3.63, 3.8) is 0 Å². The lowest BCUT2D eigenvalue weighted by atomic mass is 10.3. The molecule has 0 aliphatic carbocycles. The summed E-state index contributed by atoms with van der Waals surface area (Å²) in [6.07, 6.45) is 1.25. The van der Waals surface area contributed by atoms with Crippen molar-refractivity contribution < 1.29 is 13.3 Å². The molecule has 0 bridgehead atoms. The maximum Gasteiger partial charge on any atom is 0.293 e. The van der Waals surface area contributed by atoms with E-state index in [1.807, 2.05) is 0 Å². The molecule has 0 aliphatic rings. The van der Waals surface area contributed by atoms with E-state index in [9.17, 15) is 18.5 Å². The molecule has 0 saturated heterocycles. The van der Waals surface area contributed by atoms with E-state index in [2.05, 4.69) is 15.2 Å². The number of H-pyrrole nitrogens is 1. The summed E-state index contributed by atoms with van der Waals surface area (Å²) in [6, 6.07) is 3.34. The van der Waals surface area contributed by atoms with Crippen LogP contribution in [0, 0.1) is 10.1 Å². The molecule has 0 amide bonds. The molecule has 0 atom stereocenters. The van der Waals surface area contributed by atoms with Crippen molar-refractivity contribution in [2.45, 2.75) is 11.4 Å². The number of rotatable bonds is 5. The zero-order valence-electron chi connectivity index (χ0n) is 10.9. The smallest absolute Gasteiger partial charge is 0.293 e. The molecule has 0 radical (unpaired) electrons. The molecule has 10 nitrogen and oxygen atoms in total. The second-order valence-corrected chi connectivity index (χ2v) is 6.22. The Kier molecular flexibility index (Phi) is 3.86. The van der Waals surface area contributed by atoms with E-state index in [0.717, 1.165) is 10.4 Å². The van der Waals surface area contributed by atoms with Crippen LogP contribution in [-0.2, 0) is 16.6 Å². The van der Waals surface area contributed by atoms with E-state index in [4.69, 9.17) is 5.73 Å². The average Bonchev–Trinajstić information content (AvgIpc) is 2.91. The van der Waals surface area contributed by atoms with Gasteiger partial charge in [-0.05, 0) is 12.1 Å². The Morgan fingerprint density at radius 2 is 2.19 bits per heavy atom. The van der Waals surface area contributed by atoms with Crippen LogP contribution in [0.15, 0.2) is 29.4 Å². The van der Waals surface area contributed by atoms with Crippen LogP contribution in [0.4, 0.5) is 11.4 Å². The summed E-state index contributed by atoms with van der Waals surface area (Å²) in [5.41, 5.74) is 4.89. The molecule has 0 spiro atoms. The van der Waals surface area contributed by atoms with Crippen LogP contribution in [0.25, 0.3) is 0 Å². The van der Waals surface area contributed by atoms with Gasteiger partial charge in [-0.2, -0.15) is 9.40 Å². The monoisotopic (exact) mass is 312 g/mol. The lowest BCUT2D eigenvalue weighted by Gasteiger charge is -2.15. The summed E-state index contributed by atoms with van der Waals surface area (Å²) >= 11 is 0. The molecule has 0 aliphatic heterocycles. The molecule has 112 valence electrons. The molecule has 2 rings (SSSR count). The van der Waals surface area contributed by atoms with Crippen molar-refractivity contribution in [2.75, 3.05) is 12.8 Å². The first-order valence-corrected chi connectivity index (χ1v) is 7.11. The Balaban J connectivity index is 2.35. The number of aromatic amines is 1. The Hall–Kier alpha value is -2.53. The van der Waals surface area contributed by atoms with Gasteiger partial charge in [-0.15, -0.1) is 0 Å². The van der Waals surface area contributed by atoms with Crippen LogP contribution in [0.5, 0.6) is 0 Å². The molecule has 1 aromatic heterocycles. The van der Waals surface area contributed by atoms with Gasteiger partial charge < -0.3 is 5.73 Å². The number of aromatic nitrogens is 3. The molecule has 1 heterocycles. The van der Waals surface area contributed by atoms with Gasteiger partial charge in [0.25, 0.3) is 5.69 Å². The molecule has 2 aromatic rings. The first-order chi connectivity index (χ1) is 9.82. The first-order valence-electron chi connectivity index (χ1n) is 5.67. The predicted molar refractivity (Wildman–Crippen MR) is 72.5 cm³/mol. The number of benzene rings is 1. The van der Waals surface area contributed by atoms with Crippen molar-refractivity contribution in [1.82, 2.24) is 19.5 Å². The average molecular weight is 312 g/mol. The summed E-state index contributed by atoms with van der Waals surface area (Å²) in [5.74, 6) is 0.353. The van der Waals surface area contributed by atoms with Gasteiger partial charge >= 0.3 is 0 Å². The third-order valence-corrected chi connectivity index (χ3v) is 4.54. The molecule has 0 fully saturated rings. The fourth-order valence-corrected chi connectivity index (χ4v) is 2.78. The number of nitrogen functional groups attached to an aromatic ring is 1. The fraction of sp³-hybridized carbons (Fsp3) is 0.200. The number of sulfonamides is 1. The standard InChI is InChI=1S/C10H12N6O4S/c1-15(5-10-12-6-13-14-10)21(19,20)7-2-3-8(11)9(4-7)16(17)18/h2-4,6H,5,11H2,1H3,(H,12,13,14). The number of nitro benzene ring substituents is 1. The van der Waals surface area contributed by atoms with Gasteiger partial charge in [-0.25, -0.2) is 13.4 Å². The summed E-state index contributed by atoms with van der Waals surface area (Å²) in [4.78, 5) is 13.7. The molecule has 0 unspecified atom stereocenters. The van der Waals surface area contributed by atoms with Gasteiger partial charge in [-0.1, -0.05) is 0 Å². The summed E-state index contributed by atoms with van der Waals surface area (Å²) < 4.78 is 25.7. The summed E-state index contributed by atoms with van der Waals surface area (Å²) in [5, 5.41) is 17.0. The van der Waals surface area contributed by atoms with Gasteiger partial charge in [0.1, 0.15) is 17.8 Å². The molecule has 11 heteroatoms. The minimum absolute atomic E-state index is 0.0412. The Labute approximate surface area is 119 Å². The largest absolute Gasteiger partial charge is 0.393 e. The fourth-order valence-electron chi connectivity index (χ4n) is 1.62. The quantitative estimate of drug-likeness (QED) is 0.452. The van der Waals surface area contributed by atoms with Crippen molar-refractivity contribution in [3.8, 4) is 0 Å². The molecule has 1 aromatic carbocycles. The molecular formula is C10H12N6O4S. The lowest BCUT2D eigenvalue weighted by molar-refractivity contribution is -0.384. The van der Waals surface area contributed by atoms with Crippen LogP contribution < -0.4 is 5.73 Å². The third-order valence-electron chi connectivity index (χ3n) is 2.74. The molecule has 0 saturated carbocycles.